The van der Waals surface area contributed by atoms with Crippen LogP contribution in [0.3, 0.4) is 0 Å². The third-order valence-electron chi connectivity index (χ3n) is 2.23. The topological polar surface area (TPSA) is 54.0 Å². The summed E-state index contributed by atoms with van der Waals surface area (Å²) in [6.07, 6.45) is -4.00. The van der Waals surface area contributed by atoms with E-state index < -0.39 is 12.6 Å². The van der Waals surface area contributed by atoms with Crippen LogP contribution in [0.25, 0.3) is 5.65 Å². The van der Waals surface area contributed by atoms with Crippen LogP contribution in [0.2, 0.25) is 0 Å². The molecule has 0 bridgehead atoms. The molecule has 7 heteroatoms. The molecule has 0 aromatic carbocycles. The lowest BCUT2D eigenvalue weighted by Crippen LogP contribution is -2.10. The Morgan fingerprint density at radius 2 is 2.06 bits per heavy atom. The van der Waals surface area contributed by atoms with Gasteiger partial charge in [0.05, 0.1) is 12.0 Å². The van der Waals surface area contributed by atoms with Crippen molar-refractivity contribution in [2.45, 2.75) is 19.0 Å². The number of fused-ring (bicyclic) bond motifs is 1. The van der Waals surface area contributed by atoms with Crippen LogP contribution in [0.4, 0.5) is 13.2 Å². The number of aryl methyl sites for hydroxylation is 1. The summed E-state index contributed by atoms with van der Waals surface area (Å²) in [6, 6.07) is 4.99. The average Bonchev–Trinajstić information content (AvgIpc) is 2.67. The van der Waals surface area contributed by atoms with Crippen LogP contribution < -0.4 is 0 Å². The van der Waals surface area contributed by atoms with Gasteiger partial charge in [0.2, 0.25) is 0 Å². The first kappa shape index (κ1) is 11.4. The summed E-state index contributed by atoms with van der Waals surface area (Å²) in [4.78, 5) is 0. The zero-order chi connectivity index (χ0) is 12.5. The zero-order valence-electron chi connectivity index (χ0n) is 8.57. The highest BCUT2D eigenvalue weighted by molar-refractivity contribution is 5.42. The third-order valence-corrected chi connectivity index (χ3v) is 2.23. The summed E-state index contributed by atoms with van der Waals surface area (Å²) in [6.45, 7) is 0. The molecule has 0 fully saturated rings. The molecule has 2 aromatic heterocycles. The van der Waals surface area contributed by atoms with Gasteiger partial charge in [-0.1, -0.05) is 0 Å². The Labute approximate surface area is 94.3 Å². The summed E-state index contributed by atoms with van der Waals surface area (Å²) < 4.78 is 37.7. The molecule has 0 saturated heterocycles. The standard InChI is InChI=1S/C10H7F3N4/c11-10(12,13)4-3-9-16-15-8-2-1-7(5-14)6-17(8)9/h1-2,6H,3-4H2. The van der Waals surface area contributed by atoms with Crippen molar-refractivity contribution in [2.24, 2.45) is 0 Å². The number of alkyl halides is 3. The molecule has 0 radical (unpaired) electrons. The first-order chi connectivity index (χ1) is 7.99. The van der Waals surface area contributed by atoms with Crippen LogP contribution in [-0.4, -0.2) is 20.8 Å². The van der Waals surface area contributed by atoms with Gasteiger partial charge in [-0.3, -0.25) is 4.40 Å². The van der Waals surface area contributed by atoms with Crippen molar-refractivity contribution in [1.29, 1.82) is 5.26 Å². The van der Waals surface area contributed by atoms with Crippen molar-refractivity contribution < 1.29 is 13.2 Å². The average molecular weight is 240 g/mol. The SMILES string of the molecule is N#Cc1ccc2nnc(CCC(F)(F)F)n2c1. The zero-order valence-corrected chi connectivity index (χ0v) is 8.57. The summed E-state index contributed by atoms with van der Waals surface area (Å²) >= 11 is 0. The fourth-order valence-electron chi connectivity index (χ4n) is 1.43. The summed E-state index contributed by atoms with van der Waals surface area (Å²) in [5.74, 6) is 0.203. The molecule has 2 rings (SSSR count). The van der Waals surface area contributed by atoms with Crippen molar-refractivity contribution in [1.82, 2.24) is 14.6 Å². The van der Waals surface area contributed by atoms with Crippen molar-refractivity contribution in [3.05, 3.63) is 29.7 Å². The maximum absolute atomic E-state index is 12.1. The Bertz CT molecular complexity index is 579. The first-order valence-electron chi connectivity index (χ1n) is 4.80. The fourth-order valence-corrected chi connectivity index (χ4v) is 1.43. The van der Waals surface area contributed by atoms with Gasteiger partial charge in [-0.25, -0.2) is 0 Å². The molecule has 0 saturated carbocycles. The van der Waals surface area contributed by atoms with Gasteiger partial charge in [0.1, 0.15) is 11.9 Å². The lowest BCUT2D eigenvalue weighted by molar-refractivity contribution is -0.134. The fraction of sp³-hybridized carbons (Fsp3) is 0.300. The minimum Gasteiger partial charge on any atom is -0.285 e. The monoisotopic (exact) mass is 240 g/mol. The Hall–Kier alpha value is -2.10. The molecule has 0 spiro atoms. The summed E-state index contributed by atoms with van der Waals surface area (Å²) in [7, 11) is 0. The molecule has 0 aliphatic rings. The van der Waals surface area contributed by atoms with Crippen LogP contribution in [0.15, 0.2) is 18.3 Å². The predicted molar refractivity (Wildman–Crippen MR) is 52.1 cm³/mol. The summed E-state index contributed by atoms with van der Waals surface area (Å²) in [5.41, 5.74) is 0.784. The smallest absolute Gasteiger partial charge is 0.285 e. The van der Waals surface area contributed by atoms with E-state index in [-0.39, 0.29) is 12.2 Å². The molecule has 0 aliphatic heterocycles. The highest BCUT2D eigenvalue weighted by Gasteiger charge is 2.27. The number of rotatable bonds is 2. The van der Waals surface area contributed by atoms with Crippen molar-refractivity contribution in [2.75, 3.05) is 0 Å². The molecule has 17 heavy (non-hydrogen) atoms. The van der Waals surface area contributed by atoms with Crippen LogP contribution in [0, 0.1) is 11.3 Å². The van der Waals surface area contributed by atoms with Gasteiger partial charge < -0.3 is 0 Å². The second-order valence-corrected chi connectivity index (χ2v) is 3.49. The third kappa shape index (κ3) is 2.53. The van der Waals surface area contributed by atoms with E-state index in [0.29, 0.717) is 11.2 Å². The Morgan fingerprint density at radius 1 is 1.29 bits per heavy atom. The van der Waals surface area contributed by atoms with E-state index in [0.717, 1.165) is 0 Å². The number of halogens is 3. The normalized spacial score (nSPS) is 11.6. The molecule has 0 aliphatic carbocycles. The molecule has 2 heterocycles. The van der Waals surface area contributed by atoms with Gasteiger partial charge in [0, 0.05) is 12.6 Å². The second-order valence-electron chi connectivity index (χ2n) is 3.49. The largest absolute Gasteiger partial charge is 0.389 e. The molecule has 4 nitrogen and oxygen atoms in total. The maximum Gasteiger partial charge on any atom is 0.389 e. The van der Waals surface area contributed by atoms with E-state index in [9.17, 15) is 13.2 Å². The highest BCUT2D eigenvalue weighted by atomic mass is 19.4. The molecule has 2 aromatic rings. The van der Waals surface area contributed by atoms with Crippen molar-refractivity contribution >= 4 is 5.65 Å². The number of aromatic nitrogens is 3. The van der Waals surface area contributed by atoms with Gasteiger partial charge in [-0.2, -0.15) is 18.4 Å². The van der Waals surface area contributed by atoms with E-state index in [2.05, 4.69) is 10.2 Å². The van der Waals surface area contributed by atoms with Gasteiger partial charge >= 0.3 is 6.18 Å². The number of pyridine rings is 1. The van der Waals surface area contributed by atoms with E-state index >= 15 is 0 Å². The molecular formula is C10H7F3N4. The Kier molecular flexibility index (Phi) is 2.71. The first-order valence-corrected chi connectivity index (χ1v) is 4.80. The minimum atomic E-state index is -4.22. The quantitative estimate of drug-likeness (QED) is 0.807. The molecular weight excluding hydrogens is 233 g/mol. The lowest BCUT2D eigenvalue weighted by atomic mass is 10.2. The number of hydrogen-bond donors (Lipinski definition) is 0. The van der Waals surface area contributed by atoms with E-state index in [4.69, 9.17) is 5.26 Å². The van der Waals surface area contributed by atoms with Crippen LogP contribution >= 0.6 is 0 Å². The van der Waals surface area contributed by atoms with Crippen LogP contribution in [0.5, 0.6) is 0 Å². The van der Waals surface area contributed by atoms with Crippen LogP contribution in [0.1, 0.15) is 17.8 Å². The molecule has 0 unspecified atom stereocenters. The van der Waals surface area contributed by atoms with Crippen molar-refractivity contribution in [3.8, 4) is 6.07 Å². The van der Waals surface area contributed by atoms with E-state index in [1.165, 1.54) is 16.7 Å². The predicted octanol–water partition coefficient (Wildman–Crippen LogP) is 2.10. The summed E-state index contributed by atoms with van der Waals surface area (Å²) in [5, 5.41) is 16.1. The number of nitriles is 1. The molecule has 0 atom stereocenters. The van der Waals surface area contributed by atoms with Crippen molar-refractivity contribution in [3.63, 3.8) is 0 Å². The minimum absolute atomic E-state index is 0.203. The second kappa shape index (κ2) is 4.05. The maximum atomic E-state index is 12.1. The van der Waals surface area contributed by atoms with E-state index in [1.807, 2.05) is 6.07 Å². The van der Waals surface area contributed by atoms with Gasteiger partial charge in [-0.05, 0) is 12.1 Å². The van der Waals surface area contributed by atoms with Gasteiger partial charge in [0.25, 0.3) is 0 Å². The molecule has 0 N–H and O–H groups in total. The van der Waals surface area contributed by atoms with Gasteiger partial charge in [-0.15, -0.1) is 10.2 Å². The Balaban J connectivity index is 2.32. The van der Waals surface area contributed by atoms with Gasteiger partial charge in [0.15, 0.2) is 5.65 Å². The Morgan fingerprint density at radius 3 is 2.71 bits per heavy atom. The highest BCUT2D eigenvalue weighted by Crippen LogP contribution is 2.21. The van der Waals surface area contributed by atoms with E-state index in [1.54, 1.807) is 6.07 Å². The number of nitrogens with zero attached hydrogens (tertiary/aromatic N) is 4. The molecule has 88 valence electrons. The number of hydrogen-bond acceptors (Lipinski definition) is 3. The molecule has 0 amide bonds. The van der Waals surface area contributed by atoms with Crippen LogP contribution in [-0.2, 0) is 6.42 Å². The lowest BCUT2D eigenvalue weighted by Gasteiger charge is -2.04.